The molecule has 0 unspecified atom stereocenters. The maximum Gasteiger partial charge on any atom is 0.242 e. The quantitative estimate of drug-likeness (QED) is 0.668. The van der Waals surface area contributed by atoms with Gasteiger partial charge in [0.25, 0.3) is 0 Å². The summed E-state index contributed by atoms with van der Waals surface area (Å²) in [7, 11) is -3.59. The normalized spacial score (nSPS) is 12.0. The molecule has 0 amide bonds. The molecule has 2 aromatic heterocycles. The summed E-state index contributed by atoms with van der Waals surface area (Å²) in [5.41, 5.74) is 0.997. The fourth-order valence-electron chi connectivity index (χ4n) is 1.87. The van der Waals surface area contributed by atoms with Crippen molar-refractivity contribution in [2.45, 2.75) is 17.9 Å². The summed E-state index contributed by atoms with van der Waals surface area (Å²) >= 11 is 0.999. The van der Waals surface area contributed by atoms with Crippen LogP contribution in [0.4, 0.5) is 0 Å². The predicted molar refractivity (Wildman–Crippen MR) is 77.2 cm³/mol. The average molecular weight is 324 g/mol. The van der Waals surface area contributed by atoms with Crippen LogP contribution in [0.2, 0.25) is 0 Å². The van der Waals surface area contributed by atoms with Gasteiger partial charge in [-0.15, -0.1) is 0 Å². The lowest BCUT2D eigenvalue weighted by atomic mass is 10.3. The molecule has 0 fully saturated rings. The lowest BCUT2D eigenvalue weighted by Crippen LogP contribution is -2.25. The van der Waals surface area contributed by atoms with E-state index in [1.54, 1.807) is 23.1 Å². The first-order valence-electron chi connectivity index (χ1n) is 6.20. The topological polar surface area (TPSA) is 103 Å². The lowest BCUT2D eigenvalue weighted by Gasteiger charge is -2.07. The number of fused-ring (bicyclic) bond motifs is 1. The Labute approximate surface area is 125 Å². The van der Waals surface area contributed by atoms with Crippen LogP contribution < -0.4 is 4.72 Å². The van der Waals surface area contributed by atoms with E-state index in [2.05, 4.69) is 23.6 Å². The van der Waals surface area contributed by atoms with E-state index in [1.165, 1.54) is 12.4 Å². The van der Waals surface area contributed by atoms with Crippen molar-refractivity contribution in [2.24, 2.45) is 0 Å². The number of nitrogens with one attached hydrogen (secondary N) is 1. The lowest BCUT2D eigenvalue weighted by molar-refractivity contribution is 0.552. The van der Waals surface area contributed by atoms with Crippen LogP contribution in [0.3, 0.4) is 0 Å². The first-order valence-corrected chi connectivity index (χ1v) is 8.41. The molecule has 1 N–H and O–H groups in total. The number of rotatable bonds is 6. The third kappa shape index (κ3) is 3.06. The van der Waals surface area contributed by atoms with Gasteiger partial charge < -0.3 is 0 Å². The number of aryl methyl sites for hydroxylation is 1. The minimum Gasteiger partial charge on any atom is -0.253 e. The molecule has 3 rings (SSSR count). The van der Waals surface area contributed by atoms with Crippen molar-refractivity contribution in [1.82, 2.24) is 28.2 Å². The molecule has 0 radical (unpaired) electrons. The monoisotopic (exact) mass is 324 g/mol. The highest BCUT2D eigenvalue weighted by molar-refractivity contribution is 7.89. The highest BCUT2D eigenvalue weighted by Gasteiger charge is 2.18. The summed E-state index contributed by atoms with van der Waals surface area (Å²) in [5, 5.41) is 3.95. The Balaban J connectivity index is 1.68. The van der Waals surface area contributed by atoms with Gasteiger partial charge in [-0.2, -0.15) is 13.8 Å². The third-order valence-electron chi connectivity index (χ3n) is 2.86. The van der Waals surface area contributed by atoms with Crippen LogP contribution in [0.15, 0.2) is 35.7 Å². The maximum absolute atomic E-state index is 12.3. The standard InChI is InChI=1S/C11H12N6O2S2/c18-21(19,14-5-2-6-17-8-12-7-13-17)10-4-1-3-9-11(10)16-20-15-9/h1,3-4,7-8,14H,2,5-6H2. The van der Waals surface area contributed by atoms with Crippen molar-refractivity contribution in [3.8, 4) is 0 Å². The van der Waals surface area contributed by atoms with E-state index in [9.17, 15) is 8.42 Å². The number of nitrogens with zero attached hydrogens (tertiary/aromatic N) is 5. The molecule has 10 heteroatoms. The summed E-state index contributed by atoms with van der Waals surface area (Å²) in [5.74, 6) is 0. The van der Waals surface area contributed by atoms with Gasteiger partial charge in [-0.05, 0) is 18.6 Å². The first-order chi connectivity index (χ1) is 10.2. The highest BCUT2D eigenvalue weighted by atomic mass is 32.2. The minimum absolute atomic E-state index is 0.162. The van der Waals surface area contributed by atoms with Crippen molar-refractivity contribution in [1.29, 1.82) is 0 Å². The Hall–Kier alpha value is -1.91. The second kappa shape index (κ2) is 5.84. The molecule has 8 nitrogen and oxygen atoms in total. The molecule has 1 aromatic carbocycles. The number of sulfonamides is 1. The molecule has 0 saturated carbocycles. The smallest absolute Gasteiger partial charge is 0.242 e. The van der Waals surface area contributed by atoms with Gasteiger partial charge in [0, 0.05) is 13.1 Å². The first kappa shape index (κ1) is 14.0. The van der Waals surface area contributed by atoms with Crippen molar-refractivity contribution in [2.75, 3.05) is 6.54 Å². The molecule has 0 aliphatic rings. The van der Waals surface area contributed by atoms with E-state index in [0.29, 0.717) is 30.5 Å². The molecular weight excluding hydrogens is 312 g/mol. The molecule has 3 aromatic rings. The SMILES string of the molecule is O=S(=O)(NCCCn1cncn1)c1cccc2nsnc12. The van der Waals surface area contributed by atoms with Gasteiger partial charge in [-0.1, -0.05) is 6.07 Å². The van der Waals surface area contributed by atoms with Crippen molar-refractivity contribution >= 4 is 32.8 Å². The second-order valence-electron chi connectivity index (χ2n) is 4.30. The Morgan fingerprint density at radius 3 is 3.00 bits per heavy atom. The van der Waals surface area contributed by atoms with Crippen LogP contribution in [0.1, 0.15) is 6.42 Å². The van der Waals surface area contributed by atoms with Gasteiger partial charge in [-0.25, -0.2) is 18.1 Å². The van der Waals surface area contributed by atoms with Crippen LogP contribution in [-0.2, 0) is 16.6 Å². The summed E-state index contributed by atoms with van der Waals surface area (Å²) in [6, 6.07) is 4.93. The predicted octanol–water partition coefficient (Wildman–Crippen LogP) is 0.651. The van der Waals surface area contributed by atoms with E-state index in [-0.39, 0.29) is 4.90 Å². The summed E-state index contributed by atoms with van der Waals surface area (Å²) in [6.07, 6.45) is 3.66. The molecular formula is C11H12N6O2S2. The fourth-order valence-corrected chi connectivity index (χ4v) is 3.71. The molecule has 0 aliphatic carbocycles. The zero-order valence-electron chi connectivity index (χ0n) is 10.9. The van der Waals surface area contributed by atoms with Crippen molar-refractivity contribution in [3.05, 3.63) is 30.9 Å². The maximum atomic E-state index is 12.3. The number of benzene rings is 1. The van der Waals surface area contributed by atoms with Crippen LogP contribution in [0.25, 0.3) is 11.0 Å². The molecule has 0 bridgehead atoms. The van der Waals surface area contributed by atoms with Crippen LogP contribution >= 0.6 is 11.7 Å². The highest BCUT2D eigenvalue weighted by Crippen LogP contribution is 2.20. The molecule has 0 atom stereocenters. The number of hydrogen-bond donors (Lipinski definition) is 1. The molecule has 110 valence electrons. The van der Waals surface area contributed by atoms with Gasteiger partial charge in [0.15, 0.2) is 0 Å². The molecule has 0 spiro atoms. The molecule has 0 saturated heterocycles. The van der Waals surface area contributed by atoms with Crippen molar-refractivity contribution < 1.29 is 8.42 Å². The summed E-state index contributed by atoms with van der Waals surface area (Å²) in [4.78, 5) is 3.99. The van der Waals surface area contributed by atoms with E-state index in [0.717, 1.165) is 11.7 Å². The van der Waals surface area contributed by atoms with Crippen LogP contribution in [0.5, 0.6) is 0 Å². The minimum atomic E-state index is -3.59. The van der Waals surface area contributed by atoms with E-state index >= 15 is 0 Å². The summed E-state index contributed by atoms with van der Waals surface area (Å²) in [6.45, 7) is 0.918. The number of aromatic nitrogens is 5. The van der Waals surface area contributed by atoms with Gasteiger partial charge in [0.05, 0.1) is 11.7 Å². The van der Waals surface area contributed by atoms with Crippen LogP contribution in [-0.4, -0.2) is 38.5 Å². The van der Waals surface area contributed by atoms with Crippen LogP contribution in [0, 0.1) is 0 Å². The van der Waals surface area contributed by atoms with E-state index in [1.807, 2.05) is 0 Å². The largest absolute Gasteiger partial charge is 0.253 e. The fraction of sp³-hybridized carbons (Fsp3) is 0.273. The Morgan fingerprint density at radius 2 is 2.19 bits per heavy atom. The molecule has 0 aliphatic heterocycles. The molecule has 21 heavy (non-hydrogen) atoms. The number of hydrogen-bond acceptors (Lipinski definition) is 7. The van der Waals surface area contributed by atoms with Crippen molar-refractivity contribution in [3.63, 3.8) is 0 Å². The van der Waals surface area contributed by atoms with Gasteiger partial charge in [0.1, 0.15) is 28.6 Å². The zero-order chi connectivity index (χ0) is 14.7. The zero-order valence-corrected chi connectivity index (χ0v) is 12.5. The van der Waals surface area contributed by atoms with Gasteiger partial charge in [-0.3, -0.25) is 4.68 Å². The Morgan fingerprint density at radius 1 is 1.29 bits per heavy atom. The van der Waals surface area contributed by atoms with Gasteiger partial charge in [0.2, 0.25) is 10.0 Å². The van der Waals surface area contributed by atoms with Gasteiger partial charge >= 0.3 is 0 Å². The second-order valence-corrected chi connectivity index (χ2v) is 6.56. The van der Waals surface area contributed by atoms with E-state index < -0.39 is 10.0 Å². The Kier molecular flexibility index (Phi) is 3.90. The van der Waals surface area contributed by atoms with E-state index in [4.69, 9.17) is 0 Å². The summed E-state index contributed by atoms with van der Waals surface area (Å²) < 4.78 is 36.9. The Bertz CT molecular complexity index is 827. The average Bonchev–Trinajstić information content (AvgIpc) is 3.14. The third-order valence-corrected chi connectivity index (χ3v) is 4.90. The molecule has 2 heterocycles.